The van der Waals surface area contributed by atoms with Crippen molar-refractivity contribution in [2.45, 2.75) is 26.9 Å². The maximum absolute atomic E-state index is 12.6. The third kappa shape index (κ3) is 3.47. The molecule has 0 aliphatic heterocycles. The van der Waals surface area contributed by atoms with Crippen LogP contribution in [0.4, 0.5) is 5.69 Å². The molecule has 1 heterocycles. The number of amides is 1. The average molecular weight is 350 g/mol. The first-order valence-electron chi connectivity index (χ1n) is 8.46. The number of methoxy groups -OCH3 is 1. The van der Waals surface area contributed by atoms with Crippen molar-refractivity contribution in [2.75, 3.05) is 12.4 Å². The van der Waals surface area contributed by atoms with Gasteiger partial charge in [-0.3, -0.25) is 9.78 Å². The van der Waals surface area contributed by atoms with Crippen LogP contribution in [0, 0.1) is 13.8 Å². The van der Waals surface area contributed by atoms with E-state index in [1.807, 2.05) is 50.2 Å². The van der Waals surface area contributed by atoms with Gasteiger partial charge in [-0.05, 0) is 62.2 Å². The molecule has 1 aromatic heterocycles. The number of fused-ring (bicyclic) bond motifs is 1. The third-order valence-corrected chi connectivity index (χ3v) is 4.44. The number of nitrogens with one attached hydrogen (secondary N) is 1. The monoisotopic (exact) mass is 350 g/mol. The molecular formula is C21H22N2O3. The number of pyridine rings is 1. The zero-order valence-corrected chi connectivity index (χ0v) is 15.4. The summed E-state index contributed by atoms with van der Waals surface area (Å²) in [7, 11) is 1.60. The first-order valence-corrected chi connectivity index (χ1v) is 8.46. The highest BCUT2D eigenvalue weighted by atomic mass is 16.5. The second-order valence-corrected chi connectivity index (χ2v) is 6.16. The Morgan fingerprint density at radius 2 is 1.88 bits per heavy atom. The summed E-state index contributed by atoms with van der Waals surface area (Å²) in [6.45, 7) is 5.74. The maximum Gasteiger partial charge on any atom is 0.265 e. The van der Waals surface area contributed by atoms with Crippen molar-refractivity contribution < 1.29 is 14.3 Å². The molecule has 2 aromatic carbocycles. The van der Waals surface area contributed by atoms with Gasteiger partial charge in [0, 0.05) is 11.6 Å². The first-order chi connectivity index (χ1) is 12.5. The van der Waals surface area contributed by atoms with Crippen LogP contribution in [-0.2, 0) is 4.79 Å². The minimum absolute atomic E-state index is 0.221. The first kappa shape index (κ1) is 17.7. The summed E-state index contributed by atoms with van der Waals surface area (Å²) >= 11 is 0. The lowest BCUT2D eigenvalue weighted by Gasteiger charge is -2.18. The molecule has 0 aliphatic carbocycles. The summed E-state index contributed by atoms with van der Waals surface area (Å²) < 4.78 is 11.2. The molecule has 0 saturated carbocycles. The predicted octanol–water partition coefficient (Wildman–Crippen LogP) is 4.27. The van der Waals surface area contributed by atoms with E-state index in [9.17, 15) is 4.79 Å². The predicted molar refractivity (Wildman–Crippen MR) is 103 cm³/mol. The molecule has 1 N–H and O–H groups in total. The topological polar surface area (TPSA) is 60.5 Å². The Labute approximate surface area is 153 Å². The van der Waals surface area contributed by atoms with Crippen LogP contribution in [0.25, 0.3) is 10.9 Å². The Hall–Kier alpha value is -3.08. The summed E-state index contributed by atoms with van der Waals surface area (Å²) in [6, 6.07) is 13.1. The Kier molecular flexibility index (Phi) is 5.07. The van der Waals surface area contributed by atoms with E-state index in [-0.39, 0.29) is 5.91 Å². The summed E-state index contributed by atoms with van der Waals surface area (Å²) in [5.41, 5.74) is 3.54. The van der Waals surface area contributed by atoms with E-state index in [1.165, 1.54) is 0 Å². The molecular weight excluding hydrogens is 328 g/mol. The van der Waals surface area contributed by atoms with Gasteiger partial charge in [0.2, 0.25) is 0 Å². The zero-order valence-electron chi connectivity index (χ0n) is 15.4. The SMILES string of the molecule is COc1ccc(NC(=O)[C@@H](C)Oc2cccc(C)c2C)c2cccnc12. The Morgan fingerprint density at radius 3 is 2.65 bits per heavy atom. The number of hydrogen-bond acceptors (Lipinski definition) is 4. The van der Waals surface area contributed by atoms with Crippen LogP contribution in [0.3, 0.4) is 0 Å². The molecule has 0 spiro atoms. The third-order valence-electron chi connectivity index (χ3n) is 4.44. The number of carbonyl (C=O) groups is 1. The van der Waals surface area contributed by atoms with Crippen LogP contribution in [-0.4, -0.2) is 24.1 Å². The number of anilines is 1. The zero-order chi connectivity index (χ0) is 18.7. The molecule has 3 aromatic rings. The lowest BCUT2D eigenvalue weighted by atomic mass is 10.1. The minimum Gasteiger partial charge on any atom is -0.494 e. The number of benzene rings is 2. The molecule has 1 amide bonds. The normalized spacial score (nSPS) is 11.8. The van der Waals surface area contributed by atoms with Crippen LogP contribution in [0.1, 0.15) is 18.1 Å². The van der Waals surface area contributed by atoms with Gasteiger partial charge < -0.3 is 14.8 Å². The molecule has 5 nitrogen and oxygen atoms in total. The molecule has 5 heteroatoms. The molecule has 0 bridgehead atoms. The molecule has 0 radical (unpaired) electrons. The molecule has 0 fully saturated rings. The van der Waals surface area contributed by atoms with Gasteiger partial charge in [-0.15, -0.1) is 0 Å². The van der Waals surface area contributed by atoms with Gasteiger partial charge in [0.25, 0.3) is 5.91 Å². The van der Waals surface area contributed by atoms with Crippen molar-refractivity contribution in [2.24, 2.45) is 0 Å². The molecule has 26 heavy (non-hydrogen) atoms. The standard InChI is InChI=1S/C21H22N2O3/c1-13-7-5-9-18(14(13)2)26-15(3)21(24)23-17-10-11-19(25-4)20-16(17)8-6-12-22-20/h5-12,15H,1-4H3,(H,23,24)/t15-/m1/s1. The number of nitrogens with zero attached hydrogens (tertiary/aromatic N) is 1. The largest absolute Gasteiger partial charge is 0.494 e. The second kappa shape index (κ2) is 7.44. The molecule has 0 saturated heterocycles. The molecule has 1 atom stereocenters. The van der Waals surface area contributed by atoms with E-state index < -0.39 is 6.10 Å². The highest BCUT2D eigenvalue weighted by molar-refractivity contribution is 6.04. The second-order valence-electron chi connectivity index (χ2n) is 6.16. The van der Waals surface area contributed by atoms with Crippen LogP contribution >= 0.6 is 0 Å². The van der Waals surface area contributed by atoms with Gasteiger partial charge in [-0.25, -0.2) is 0 Å². The van der Waals surface area contributed by atoms with Crippen LogP contribution < -0.4 is 14.8 Å². The number of rotatable bonds is 5. The van der Waals surface area contributed by atoms with E-state index in [2.05, 4.69) is 10.3 Å². The van der Waals surface area contributed by atoms with Crippen molar-refractivity contribution in [1.29, 1.82) is 0 Å². The van der Waals surface area contributed by atoms with Crippen molar-refractivity contribution in [1.82, 2.24) is 4.98 Å². The number of carbonyl (C=O) groups excluding carboxylic acids is 1. The Balaban J connectivity index is 1.82. The molecule has 3 rings (SSSR count). The lowest BCUT2D eigenvalue weighted by molar-refractivity contribution is -0.122. The van der Waals surface area contributed by atoms with Gasteiger partial charge in [-0.2, -0.15) is 0 Å². The van der Waals surface area contributed by atoms with Gasteiger partial charge in [0.1, 0.15) is 17.0 Å². The maximum atomic E-state index is 12.6. The molecule has 0 unspecified atom stereocenters. The van der Waals surface area contributed by atoms with Crippen molar-refractivity contribution >= 4 is 22.5 Å². The van der Waals surface area contributed by atoms with Crippen LogP contribution in [0.15, 0.2) is 48.7 Å². The lowest BCUT2D eigenvalue weighted by Crippen LogP contribution is -2.30. The summed E-state index contributed by atoms with van der Waals surface area (Å²) in [5.74, 6) is 1.16. The number of ether oxygens (including phenoxy) is 2. The van der Waals surface area contributed by atoms with Gasteiger partial charge in [0.15, 0.2) is 6.10 Å². The fraction of sp³-hybridized carbons (Fsp3) is 0.238. The highest BCUT2D eigenvalue weighted by Gasteiger charge is 2.18. The highest BCUT2D eigenvalue weighted by Crippen LogP contribution is 2.30. The van der Waals surface area contributed by atoms with E-state index in [0.29, 0.717) is 22.7 Å². The summed E-state index contributed by atoms with van der Waals surface area (Å²) in [6.07, 6.45) is 1.06. The van der Waals surface area contributed by atoms with Crippen molar-refractivity contribution in [3.05, 3.63) is 59.8 Å². The molecule has 134 valence electrons. The van der Waals surface area contributed by atoms with E-state index in [1.54, 1.807) is 26.3 Å². The van der Waals surface area contributed by atoms with Gasteiger partial charge >= 0.3 is 0 Å². The van der Waals surface area contributed by atoms with Gasteiger partial charge in [-0.1, -0.05) is 12.1 Å². The molecule has 0 aliphatic rings. The van der Waals surface area contributed by atoms with Crippen molar-refractivity contribution in [3.8, 4) is 11.5 Å². The van der Waals surface area contributed by atoms with Crippen molar-refractivity contribution in [3.63, 3.8) is 0 Å². The average Bonchev–Trinajstić information content (AvgIpc) is 2.65. The fourth-order valence-corrected chi connectivity index (χ4v) is 2.75. The van der Waals surface area contributed by atoms with E-state index in [4.69, 9.17) is 9.47 Å². The van der Waals surface area contributed by atoms with Gasteiger partial charge in [0.05, 0.1) is 12.8 Å². The summed E-state index contributed by atoms with van der Waals surface area (Å²) in [4.78, 5) is 17.0. The quantitative estimate of drug-likeness (QED) is 0.747. The van der Waals surface area contributed by atoms with Crippen LogP contribution in [0.2, 0.25) is 0 Å². The van der Waals surface area contributed by atoms with E-state index in [0.717, 1.165) is 16.5 Å². The Morgan fingerprint density at radius 1 is 1.08 bits per heavy atom. The summed E-state index contributed by atoms with van der Waals surface area (Å²) in [5, 5.41) is 3.75. The number of hydrogen-bond donors (Lipinski definition) is 1. The van der Waals surface area contributed by atoms with E-state index >= 15 is 0 Å². The van der Waals surface area contributed by atoms with Crippen LogP contribution in [0.5, 0.6) is 11.5 Å². The number of aromatic nitrogens is 1. The smallest absolute Gasteiger partial charge is 0.265 e. The fourth-order valence-electron chi connectivity index (χ4n) is 2.75. The number of aryl methyl sites for hydroxylation is 1. The Bertz CT molecular complexity index is 953. The minimum atomic E-state index is -0.635.